The van der Waals surface area contributed by atoms with Crippen LogP contribution in [-0.2, 0) is 11.2 Å². The van der Waals surface area contributed by atoms with Crippen molar-refractivity contribution in [2.75, 3.05) is 6.61 Å². The summed E-state index contributed by atoms with van der Waals surface area (Å²) in [5.41, 5.74) is 1.56. The van der Waals surface area contributed by atoms with Gasteiger partial charge in [-0.2, -0.15) is 0 Å². The monoisotopic (exact) mass is 408 g/mol. The van der Waals surface area contributed by atoms with Crippen LogP contribution in [0.4, 0.5) is 0 Å². The van der Waals surface area contributed by atoms with E-state index < -0.39 is 11.9 Å². The van der Waals surface area contributed by atoms with Crippen LogP contribution in [0.2, 0.25) is 0 Å². The SMILES string of the molecule is C[C@H](C(=O)O)c1ccc2ccc(OCCCCCCc3cccc(O)c3O)cc2c1. The van der Waals surface area contributed by atoms with Gasteiger partial charge in [-0.15, -0.1) is 0 Å². The van der Waals surface area contributed by atoms with Gasteiger partial charge in [-0.25, -0.2) is 0 Å². The lowest BCUT2D eigenvalue weighted by molar-refractivity contribution is -0.138. The summed E-state index contributed by atoms with van der Waals surface area (Å²) in [6.07, 6.45) is 4.65. The molecule has 0 saturated carbocycles. The van der Waals surface area contributed by atoms with Crippen molar-refractivity contribution in [2.45, 2.75) is 44.9 Å². The van der Waals surface area contributed by atoms with Crippen LogP contribution < -0.4 is 4.74 Å². The first-order valence-corrected chi connectivity index (χ1v) is 10.3. The van der Waals surface area contributed by atoms with Crippen molar-refractivity contribution in [1.82, 2.24) is 0 Å². The largest absolute Gasteiger partial charge is 0.504 e. The average Bonchev–Trinajstić information content (AvgIpc) is 2.74. The lowest BCUT2D eigenvalue weighted by Gasteiger charge is -2.10. The van der Waals surface area contributed by atoms with E-state index in [0.29, 0.717) is 6.61 Å². The molecule has 0 spiro atoms. The number of carboxylic acids is 1. The molecular formula is C25H28O5. The number of phenols is 2. The smallest absolute Gasteiger partial charge is 0.310 e. The Hall–Kier alpha value is -3.21. The van der Waals surface area contributed by atoms with Gasteiger partial charge in [0.2, 0.25) is 0 Å². The van der Waals surface area contributed by atoms with E-state index in [1.165, 1.54) is 6.07 Å². The van der Waals surface area contributed by atoms with E-state index in [9.17, 15) is 20.1 Å². The van der Waals surface area contributed by atoms with Crippen LogP contribution in [0, 0.1) is 0 Å². The zero-order valence-electron chi connectivity index (χ0n) is 17.2. The van der Waals surface area contributed by atoms with Crippen LogP contribution in [0.3, 0.4) is 0 Å². The van der Waals surface area contributed by atoms with Crippen molar-refractivity contribution in [1.29, 1.82) is 0 Å². The number of aryl methyl sites for hydroxylation is 1. The lowest BCUT2D eigenvalue weighted by atomic mass is 9.98. The quantitative estimate of drug-likeness (QED) is 0.299. The number of para-hydroxylation sites is 1. The lowest BCUT2D eigenvalue weighted by Crippen LogP contribution is -2.07. The van der Waals surface area contributed by atoms with Crippen molar-refractivity contribution in [3.05, 3.63) is 65.7 Å². The summed E-state index contributed by atoms with van der Waals surface area (Å²) in [6.45, 7) is 2.31. The molecule has 158 valence electrons. The number of unbranched alkanes of at least 4 members (excludes halogenated alkanes) is 3. The number of aromatic hydroxyl groups is 2. The number of hydrogen-bond acceptors (Lipinski definition) is 4. The molecule has 0 aromatic heterocycles. The molecule has 3 N–H and O–H groups in total. The first-order valence-electron chi connectivity index (χ1n) is 10.3. The molecule has 5 nitrogen and oxygen atoms in total. The Balaban J connectivity index is 1.44. The second-order valence-electron chi connectivity index (χ2n) is 7.63. The highest BCUT2D eigenvalue weighted by atomic mass is 16.5. The van der Waals surface area contributed by atoms with Crippen LogP contribution in [0.1, 0.15) is 49.7 Å². The minimum Gasteiger partial charge on any atom is -0.504 e. The van der Waals surface area contributed by atoms with Crippen LogP contribution in [0.15, 0.2) is 54.6 Å². The van der Waals surface area contributed by atoms with E-state index in [2.05, 4.69) is 0 Å². The Morgan fingerprint density at radius 2 is 1.70 bits per heavy atom. The maximum absolute atomic E-state index is 11.2. The van der Waals surface area contributed by atoms with E-state index in [4.69, 9.17) is 4.74 Å². The summed E-state index contributed by atoms with van der Waals surface area (Å²) in [7, 11) is 0. The number of carboxylic acid groups (broad SMARTS) is 1. The number of fused-ring (bicyclic) bond motifs is 1. The van der Waals surface area contributed by atoms with Gasteiger partial charge in [0.25, 0.3) is 0 Å². The molecule has 0 heterocycles. The van der Waals surface area contributed by atoms with Crippen molar-refractivity contribution in [2.24, 2.45) is 0 Å². The third kappa shape index (κ3) is 5.44. The van der Waals surface area contributed by atoms with Crippen molar-refractivity contribution >= 4 is 16.7 Å². The Bertz CT molecular complexity index is 1010. The standard InChI is InChI=1S/C25H28O5/c1-17(25(28)29)20-11-10-18-12-13-22(16-21(18)15-20)30-14-5-3-2-4-7-19-8-6-9-23(26)24(19)27/h6,8-13,15-17,26-27H,2-5,7,14H2,1H3,(H,28,29)/t17-/m0/s1. The third-order valence-corrected chi connectivity index (χ3v) is 5.41. The number of hydrogen-bond donors (Lipinski definition) is 3. The zero-order chi connectivity index (χ0) is 21.5. The summed E-state index contributed by atoms with van der Waals surface area (Å²) in [6, 6.07) is 16.7. The Morgan fingerprint density at radius 1 is 0.933 bits per heavy atom. The zero-order valence-corrected chi connectivity index (χ0v) is 17.2. The fourth-order valence-corrected chi connectivity index (χ4v) is 3.49. The number of phenolic OH excluding ortho intramolecular Hbond substituents is 2. The van der Waals surface area contributed by atoms with Gasteiger partial charge >= 0.3 is 5.97 Å². The Kier molecular flexibility index (Phi) is 7.17. The molecule has 3 aromatic rings. The van der Waals surface area contributed by atoms with E-state index in [0.717, 1.165) is 59.8 Å². The first-order chi connectivity index (χ1) is 14.5. The molecule has 0 radical (unpaired) electrons. The minimum absolute atomic E-state index is 0.0157. The maximum Gasteiger partial charge on any atom is 0.310 e. The van der Waals surface area contributed by atoms with E-state index in [-0.39, 0.29) is 11.5 Å². The van der Waals surface area contributed by atoms with Gasteiger partial charge in [-0.05, 0) is 66.3 Å². The molecule has 0 fully saturated rings. The molecule has 30 heavy (non-hydrogen) atoms. The molecule has 0 aliphatic carbocycles. The topological polar surface area (TPSA) is 87.0 Å². The van der Waals surface area contributed by atoms with Crippen LogP contribution in [0.25, 0.3) is 10.8 Å². The van der Waals surface area contributed by atoms with Crippen LogP contribution in [0.5, 0.6) is 17.2 Å². The molecule has 0 aliphatic heterocycles. The minimum atomic E-state index is -0.832. The molecule has 1 atom stereocenters. The van der Waals surface area contributed by atoms with Gasteiger partial charge in [-0.3, -0.25) is 4.79 Å². The second kappa shape index (κ2) is 10.0. The molecule has 0 unspecified atom stereocenters. The van der Waals surface area contributed by atoms with E-state index in [1.54, 1.807) is 13.0 Å². The molecule has 0 saturated heterocycles. The fraction of sp³-hybridized carbons (Fsp3) is 0.320. The summed E-state index contributed by atoms with van der Waals surface area (Å²) in [5.74, 6) is -0.673. The third-order valence-electron chi connectivity index (χ3n) is 5.41. The van der Waals surface area contributed by atoms with Crippen LogP contribution >= 0.6 is 0 Å². The highest BCUT2D eigenvalue weighted by Gasteiger charge is 2.13. The predicted octanol–water partition coefficient (Wildman–Crippen LogP) is 5.62. The molecule has 0 bridgehead atoms. The second-order valence-corrected chi connectivity index (χ2v) is 7.63. The van der Waals surface area contributed by atoms with Gasteiger partial charge in [0.15, 0.2) is 11.5 Å². The number of ether oxygens (including phenoxy) is 1. The maximum atomic E-state index is 11.2. The Labute approximate surface area is 176 Å². The molecule has 5 heteroatoms. The van der Waals surface area contributed by atoms with Gasteiger partial charge in [-0.1, -0.05) is 49.2 Å². The van der Waals surface area contributed by atoms with Crippen LogP contribution in [-0.4, -0.2) is 27.9 Å². The number of benzene rings is 3. The fourth-order valence-electron chi connectivity index (χ4n) is 3.49. The summed E-state index contributed by atoms with van der Waals surface area (Å²) in [5, 5.41) is 30.6. The molecule has 0 aliphatic rings. The first kappa shape index (κ1) is 21.5. The number of rotatable bonds is 10. The van der Waals surface area contributed by atoms with Crippen molar-refractivity contribution in [3.63, 3.8) is 0 Å². The Morgan fingerprint density at radius 3 is 2.50 bits per heavy atom. The number of aliphatic carboxylic acids is 1. The highest BCUT2D eigenvalue weighted by Crippen LogP contribution is 2.29. The van der Waals surface area contributed by atoms with Gasteiger partial charge in [0, 0.05) is 0 Å². The van der Waals surface area contributed by atoms with E-state index in [1.807, 2.05) is 42.5 Å². The highest BCUT2D eigenvalue weighted by molar-refractivity contribution is 5.86. The van der Waals surface area contributed by atoms with Gasteiger partial charge < -0.3 is 20.1 Å². The number of carbonyl (C=O) groups is 1. The summed E-state index contributed by atoms with van der Waals surface area (Å²) < 4.78 is 5.87. The van der Waals surface area contributed by atoms with E-state index >= 15 is 0 Å². The molecule has 3 aromatic carbocycles. The normalized spacial score (nSPS) is 12.0. The summed E-state index contributed by atoms with van der Waals surface area (Å²) in [4.78, 5) is 11.2. The summed E-state index contributed by atoms with van der Waals surface area (Å²) >= 11 is 0. The van der Waals surface area contributed by atoms with Crippen molar-refractivity contribution in [3.8, 4) is 17.2 Å². The predicted molar refractivity (Wildman–Crippen MR) is 117 cm³/mol. The van der Waals surface area contributed by atoms with Gasteiger partial charge in [0.1, 0.15) is 5.75 Å². The molecule has 0 amide bonds. The average molecular weight is 408 g/mol. The van der Waals surface area contributed by atoms with Gasteiger partial charge in [0.05, 0.1) is 12.5 Å². The molecular weight excluding hydrogens is 380 g/mol. The molecule has 3 rings (SSSR count). The van der Waals surface area contributed by atoms with Crippen molar-refractivity contribution < 1.29 is 24.9 Å².